The minimum atomic E-state index is -0.200. The number of nitrogens with one attached hydrogen (secondary N) is 1. The van der Waals surface area contributed by atoms with E-state index in [0.29, 0.717) is 0 Å². The molecule has 0 rings (SSSR count). The topological polar surface area (TPSA) is 36.8 Å². The van der Waals surface area contributed by atoms with Gasteiger partial charge in [0.15, 0.2) is 0 Å². The van der Waals surface area contributed by atoms with Gasteiger partial charge in [-0.05, 0) is 20.9 Å². The Bertz CT molecular complexity index is 85.7. The summed E-state index contributed by atoms with van der Waals surface area (Å²) in [6.45, 7) is 3.92. The zero-order valence-corrected chi connectivity index (χ0v) is 5.89. The van der Waals surface area contributed by atoms with Crippen molar-refractivity contribution in [2.24, 2.45) is 10.2 Å². The first kappa shape index (κ1) is 7.56. The lowest BCUT2D eigenvalue weighted by Gasteiger charge is -2.15. The van der Waals surface area contributed by atoms with E-state index in [-0.39, 0.29) is 5.66 Å². The Hall–Kier alpha value is -0.440. The summed E-state index contributed by atoms with van der Waals surface area (Å²) in [7, 11) is 3.52. The molecular weight excluding hydrogens is 102 g/mol. The number of nitrogens with zero attached hydrogens (tertiary/aromatic N) is 2. The standard InChI is InChI=1S/C5H13N3/c1-5(2,6-3)8-7-4/h6H,1-4H3. The van der Waals surface area contributed by atoms with Gasteiger partial charge < -0.3 is 0 Å². The maximum Gasteiger partial charge on any atom is 0.125 e. The van der Waals surface area contributed by atoms with E-state index in [0.717, 1.165) is 0 Å². The lowest BCUT2D eigenvalue weighted by molar-refractivity contribution is 0.423. The predicted octanol–water partition coefficient (Wildman–Crippen LogP) is 1.02. The van der Waals surface area contributed by atoms with Crippen LogP contribution in [0.4, 0.5) is 0 Å². The van der Waals surface area contributed by atoms with Crippen LogP contribution < -0.4 is 5.32 Å². The summed E-state index contributed by atoms with van der Waals surface area (Å²) in [5.41, 5.74) is -0.200. The summed E-state index contributed by atoms with van der Waals surface area (Å²) in [5.74, 6) is 0. The molecule has 0 aromatic carbocycles. The average Bonchev–Trinajstić information content (AvgIpc) is 1.67. The highest BCUT2D eigenvalue weighted by molar-refractivity contribution is 4.67. The van der Waals surface area contributed by atoms with E-state index in [4.69, 9.17) is 0 Å². The van der Waals surface area contributed by atoms with Crippen LogP contribution in [0.25, 0.3) is 0 Å². The molecule has 0 saturated heterocycles. The average molecular weight is 115 g/mol. The SMILES string of the molecule is CN=NC(C)(C)NC. The fourth-order valence-electron chi connectivity index (χ4n) is 0.300. The Kier molecular flexibility index (Phi) is 2.62. The van der Waals surface area contributed by atoms with Gasteiger partial charge in [-0.1, -0.05) is 0 Å². The van der Waals surface area contributed by atoms with Crippen LogP contribution in [0.1, 0.15) is 13.8 Å². The van der Waals surface area contributed by atoms with E-state index in [2.05, 4.69) is 15.5 Å². The highest BCUT2D eigenvalue weighted by Crippen LogP contribution is 2.01. The van der Waals surface area contributed by atoms with Gasteiger partial charge in [0.05, 0.1) is 0 Å². The fraction of sp³-hybridized carbons (Fsp3) is 1.00. The zero-order chi connectivity index (χ0) is 6.62. The van der Waals surface area contributed by atoms with Gasteiger partial charge in [0.2, 0.25) is 0 Å². The lowest BCUT2D eigenvalue weighted by atomic mass is 10.3. The minimum Gasteiger partial charge on any atom is -0.295 e. The molecule has 0 saturated carbocycles. The summed E-state index contributed by atoms with van der Waals surface area (Å²) in [4.78, 5) is 0. The summed E-state index contributed by atoms with van der Waals surface area (Å²) >= 11 is 0. The maximum absolute atomic E-state index is 3.89. The molecule has 0 bridgehead atoms. The van der Waals surface area contributed by atoms with Crippen molar-refractivity contribution in [3.63, 3.8) is 0 Å². The van der Waals surface area contributed by atoms with Gasteiger partial charge in [-0.3, -0.25) is 5.32 Å². The summed E-state index contributed by atoms with van der Waals surface area (Å²) in [6.07, 6.45) is 0. The first-order chi connectivity index (χ1) is 3.62. The molecule has 8 heavy (non-hydrogen) atoms. The first-order valence-electron chi connectivity index (χ1n) is 2.62. The molecule has 1 N–H and O–H groups in total. The largest absolute Gasteiger partial charge is 0.295 e. The molecule has 3 nitrogen and oxygen atoms in total. The Labute approximate surface area is 50.2 Å². The van der Waals surface area contributed by atoms with Gasteiger partial charge in [0, 0.05) is 7.05 Å². The van der Waals surface area contributed by atoms with Gasteiger partial charge in [0.25, 0.3) is 0 Å². The highest BCUT2D eigenvalue weighted by atomic mass is 15.2. The number of hydrogen-bond acceptors (Lipinski definition) is 3. The second-order valence-electron chi connectivity index (χ2n) is 2.11. The molecule has 0 unspecified atom stereocenters. The fourth-order valence-corrected chi connectivity index (χ4v) is 0.300. The van der Waals surface area contributed by atoms with E-state index in [1.807, 2.05) is 20.9 Å². The third-order valence-electron chi connectivity index (χ3n) is 0.962. The van der Waals surface area contributed by atoms with Crippen molar-refractivity contribution in [2.75, 3.05) is 14.1 Å². The van der Waals surface area contributed by atoms with E-state index < -0.39 is 0 Å². The van der Waals surface area contributed by atoms with E-state index in [1.165, 1.54) is 0 Å². The molecule has 0 aromatic heterocycles. The molecule has 48 valence electrons. The van der Waals surface area contributed by atoms with E-state index >= 15 is 0 Å². The third-order valence-corrected chi connectivity index (χ3v) is 0.962. The molecule has 0 amide bonds. The number of azo groups is 1. The van der Waals surface area contributed by atoms with Crippen molar-refractivity contribution in [3.8, 4) is 0 Å². The van der Waals surface area contributed by atoms with E-state index in [1.54, 1.807) is 7.05 Å². The Balaban J connectivity index is 3.71. The van der Waals surface area contributed by atoms with Crippen LogP contribution in [-0.4, -0.2) is 19.8 Å². The summed E-state index contributed by atoms with van der Waals surface area (Å²) in [5, 5.41) is 10.5. The first-order valence-corrected chi connectivity index (χ1v) is 2.62. The van der Waals surface area contributed by atoms with Crippen LogP contribution in [0.2, 0.25) is 0 Å². The molecule has 0 aliphatic carbocycles. The minimum absolute atomic E-state index is 0.200. The number of hydrogen-bond donors (Lipinski definition) is 1. The second kappa shape index (κ2) is 2.77. The van der Waals surface area contributed by atoms with Crippen LogP contribution in [0, 0.1) is 0 Å². The molecule has 0 fully saturated rings. The predicted molar refractivity (Wildman–Crippen MR) is 33.9 cm³/mol. The third kappa shape index (κ3) is 2.69. The maximum atomic E-state index is 3.89. The molecule has 0 heterocycles. The number of rotatable bonds is 2. The highest BCUT2D eigenvalue weighted by Gasteiger charge is 2.10. The lowest BCUT2D eigenvalue weighted by Crippen LogP contribution is -2.33. The van der Waals surface area contributed by atoms with Crippen molar-refractivity contribution < 1.29 is 0 Å². The summed E-state index contributed by atoms with van der Waals surface area (Å²) in [6, 6.07) is 0. The molecule has 0 atom stereocenters. The monoisotopic (exact) mass is 115 g/mol. The van der Waals surface area contributed by atoms with Crippen molar-refractivity contribution in [2.45, 2.75) is 19.5 Å². The van der Waals surface area contributed by atoms with Gasteiger partial charge in [0.1, 0.15) is 5.66 Å². The van der Waals surface area contributed by atoms with Gasteiger partial charge in [-0.2, -0.15) is 10.2 Å². The van der Waals surface area contributed by atoms with Crippen LogP contribution in [0.3, 0.4) is 0 Å². The quantitative estimate of drug-likeness (QED) is 0.536. The molecule has 0 aromatic rings. The Morgan fingerprint density at radius 3 is 2.00 bits per heavy atom. The molecule has 0 aliphatic heterocycles. The van der Waals surface area contributed by atoms with Gasteiger partial charge in [-0.15, -0.1) is 0 Å². The van der Waals surface area contributed by atoms with Crippen LogP contribution in [0.15, 0.2) is 10.2 Å². The van der Waals surface area contributed by atoms with Crippen molar-refractivity contribution in [1.82, 2.24) is 5.32 Å². The van der Waals surface area contributed by atoms with Gasteiger partial charge in [-0.25, -0.2) is 0 Å². The van der Waals surface area contributed by atoms with Crippen molar-refractivity contribution >= 4 is 0 Å². The molecule has 3 heteroatoms. The zero-order valence-electron chi connectivity index (χ0n) is 5.89. The molecule has 0 radical (unpaired) electrons. The van der Waals surface area contributed by atoms with Crippen molar-refractivity contribution in [3.05, 3.63) is 0 Å². The second-order valence-corrected chi connectivity index (χ2v) is 2.11. The van der Waals surface area contributed by atoms with Crippen LogP contribution in [-0.2, 0) is 0 Å². The van der Waals surface area contributed by atoms with Gasteiger partial charge >= 0.3 is 0 Å². The Morgan fingerprint density at radius 2 is 1.88 bits per heavy atom. The Morgan fingerprint density at radius 1 is 1.38 bits per heavy atom. The molecular formula is C5H13N3. The normalized spacial score (nSPS) is 13.0. The van der Waals surface area contributed by atoms with E-state index in [9.17, 15) is 0 Å². The smallest absolute Gasteiger partial charge is 0.125 e. The van der Waals surface area contributed by atoms with Crippen molar-refractivity contribution in [1.29, 1.82) is 0 Å². The van der Waals surface area contributed by atoms with Crippen LogP contribution in [0.5, 0.6) is 0 Å². The summed E-state index contributed by atoms with van der Waals surface area (Å²) < 4.78 is 0. The molecule has 0 aliphatic rings. The molecule has 0 spiro atoms. The van der Waals surface area contributed by atoms with Crippen LogP contribution >= 0.6 is 0 Å².